The van der Waals surface area contributed by atoms with Crippen molar-refractivity contribution in [2.75, 3.05) is 11.9 Å². The number of carbonyl (C=O) groups excluding carboxylic acids is 2. The minimum absolute atomic E-state index is 0.0896. The summed E-state index contributed by atoms with van der Waals surface area (Å²) in [6.45, 7) is 6.13. The zero-order valence-corrected chi connectivity index (χ0v) is 16.9. The molecule has 0 radical (unpaired) electrons. The molecule has 0 aliphatic heterocycles. The van der Waals surface area contributed by atoms with Gasteiger partial charge >= 0.3 is 0 Å². The first-order valence-corrected chi connectivity index (χ1v) is 9.82. The zero-order valence-electron chi connectivity index (χ0n) is 16.9. The minimum atomic E-state index is -0.684. The van der Waals surface area contributed by atoms with Crippen LogP contribution in [0.3, 0.4) is 0 Å². The molecule has 2 amide bonds. The summed E-state index contributed by atoms with van der Waals surface area (Å²) in [6, 6.07) is 20.0. The molecule has 0 heterocycles. The number of anilines is 1. The number of nitrogens with one attached hydrogen (secondary N) is 2. The smallest absolute Gasteiger partial charge is 0.255 e. The van der Waals surface area contributed by atoms with Crippen LogP contribution in [0, 0.1) is 5.92 Å². The maximum absolute atomic E-state index is 13.0. The van der Waals surface area contributed by atoms with Crippen LogP contribution in [0.25, 0.3) is 10.8 Å². The topological polar surface area (TPSA) is 67.4 Å². The van der Waals surface area contributed by atoms with Gasteiger partial charge in [0.05, 0.1) is 12.2 Å². The highest BCUT2D eigenvalue weighted by Gasteiger charge is 2.26. The Morgan fingerprint density at radius 2 is 1.62 bits per heavy atom. The Balaban J connectivity index is 1.81. The number of benzene rings is 3. The number of fused-ring (bicyclic) bond motifs is 1. The maximum Gasteiger partial charge on any atom is 0.255 e. The lowest BCUT2D eigenvalue weighted by atomic mass is 10.0. The summed E-state index contributed by atoms with van der Waals surface area (Å²) in [6.07, 6.45) is 0. The van der Waals surface area contributed by atoms with Crippen molar-refractivity contribution in [3.63, 3.8) is 0 Å². The van der Waals surface area contributed by atoms with Crippen LogP contribution >= 0.6 is 0 Å². The van der Waals surface area contributed by atoms with Crippen LogP contribution in [-0.2, 0) is 4.79 Å². The fraction of sp³-hybridized carbons (Fsp3) is 0.250. The summed E-state index contributed by atoms with van der Waals surface area (Å²) in [4.78, 5) is 25.9. The molecule has 0 saturated carbocycles. The van der Waals surface area contributed by atoms with Crippen molar-refractivity contribution in [2.24, 2.45) is 5.92 Å². The van der Waals surface area contributed by atoms with Gasteiger partial charge in [-0.25, -0.2) is 0 Å². The number of para-hydroxylation sites is 1. The average Bonchev–Trinajstić information content (AvgIpc) is 2.72. The lowest BCUT2D eigenvalue weighted by Crippen LogP contribution is -2.47. The van der Waals surface area contributed by atoms with Crippen LogP contribution in [0.1, 0.15) is 31.1 Å². The molecule has 1 atom stereocenters. The highest BCUT2D eigenvalue weighted by Crippen LogP contribution is 2.24. The van der Waals surface area contributed by atoms with E-state index in [0.29, 0.717) is 17.9 Å². The fourth-order valence-electron chi connectivity index (χ4n) is 3.23. The van der Waals surface area contributed by atoms with Crippen molar-refractivity contribution in [3.8, 4) is 5.75 Å². The molecule has 2 N–H and O–H groups in total. The molecule has 5 nitrogen and oxygen atoms in total. The van der Waals surface area contributed by atoms with Gasteiger partial charge in [-0.15, -0.1) is 0 Å². The van der Waals surface area contributed by atoms with Gasteiger partial charge in [-0.3, -0.25) is 9.59 Å². The summed E-state index contributed by atoms with van der Waals surface area (Å²) in [5, 5.41) is 7.85. The Morgan fingerprint density at radius 1 is 0.931 bits per heavy atom. The van der Waals surface area contributed by atoms with E-state index in [2.05, 4.69) is 10.6 Å². The molecule has 3 aromatic rings. The molecule has 0 bridgehead atoms. The van der Waals surface area contributed by atoms with Crippen LogP contribution in [0.15, 0.2) is 66.7 Å². The Labute approximate surface area is 171 Å². The van der Waals surface area contributed by atoms with E-state index >= 15 is 0 Å². The second-order valence-electron chi connectivity index (χ2n) is 7.14. The standard InChI is InChI=1S/C24H26N2O3/c1-4-29-21-15-8-7-13-19(21)23(27)26-22(16(2)3)24(28)25-20-14-9-11-17-10-5-6-12-18(17)20/h5-16,22H,4H2,1-3H3,(H,25,28)(H,26,27)/t22-/m0/s1. The molecule has 0 aliphatic rings. The van der Waals surface area contributed by atoms with Gasteiger partial charge in [0, 0.05) is 11.1 Å². The molecular formula is C24H26N2O3. The van der Waals surface area contributed by atoms with Gasteiger partial charge in [0.1, 0.15) is 11.8 Å². The summed E-state index contributed by atoms with van der Waals surface area (Å²) < 4.78 is 5.54. The second-order valence-corrected chi connectivity index (χ2v) is 7.14. The van der Waals surface area contributed by atoms with Crippen molar-refractivity contribution in [1.29, 1.82) is 0 Å². The van der Waals surface area contributed by atoms with E-state index in [1.54, 1.807) is 18.2 Å². The summed E-state index contributed by atoms with van der Waals surface area (Å²) in [7, 11) is 0. The molecule has 0 fully saturated rings. The SMILES string of the molecule is CCOc1ccccc1C(=O)N[C@H](C(=O)Nc1cccc2ccccc12)C(C)C. The van der Waals surface area contributed by atoms with Gasteiger partial charge in [0.2, 0.25) is 5.91 Å². The highest BCUT2D eigenvalue weighted by atomic mass is 16.5. The first-order valence-electron chi connectivity index (χ1n) is 9.82. The van der Waals surface area contributed by atoms with E-state index < -0.39 is 6.04 Å². The van der Waals surface area contributed by atoms with E-state index in [1.807, 2.05) is 69.3 Å². The normalized spacial score (nSPS) is 11.9. The molecule has 0 saturated heterocycles. The molecule has 29 heavy (non-hydrogen) atoms. The van der Waals surface area contributed by atoms with Gasteiger partial charge < -0.3 is 15.4 Å². The summed E-state index contributed by atoms with van der Waals surface area (Å²) in [5.41, 5.74) is 1.14. The molecule has 3 aromatic carbocycles. The Hall–Kier alpha value is -3.34. The molecule has 0 aromatic heterocycles. The minimum Gasteiger partial charge on any atom is -0.493 e. The molecule has 0 spiro atoms. The van der Waals surface area contributed by atoms with Gasteiger partial charge in [-0.05, 0) is 36.4 Å². The maximum atomic E-state index is 13.0. The molecule has 0 aliphatic carbocycles. The van der Waals surface area contributed by atoms with E-state index in [0.717, 1.165) is 16.5 Å². The van der Waals surface area contributed by atoms with Crippen molar-refractivity contribution >= 4 is 28.3 Å². The molecular weight excluding hydrogens is 364 g/mol. The van der Waals surface area contributed by atoms with Crippen molar-refractivity contribution in [1.82, 2.24) is 5.32 Å². The van der Waals surface area contributed by atoms with Crippen LogP contribution in [0.2, 0.25) is 0 Å². The lowest BCUT2D eigenvalue weighted by molar-refractivity contribution is -0.118. The monoisotopic (exact) mass is 390 g/mol. The van der Waals surface area contributed by atoms with E-state index in [9.17, 15) is 9.59 Å². The van der Waals surface area contributed by atoms with E-state index in [1.165, 1.54) is 0 Å². The number of amides is 2. The third-order valence-corrected chi connectivity index (χ3v) is 4.71. The Morgan fingerprint density at radius 3 is 2.38 bits per heavy atom. The number of ether oxygens (including phenoxy) is 1. The largest absolute Gasteiger partial charge is 0.493 e. The molecule has 0 unspecified atom stereocenters. The first-order chi connectivity index (χ1) is 14.0. The predicted octanol–water partition coefficient (Wildman–Crippen LogP) is 4.63. The predicted molar refractivity (Wildman–Crippen MR) is 116 cm³/mol. The Kier molecular flexibility index (Phi) is 6.50. The van der Waals surface area contributed by atoms with Crippen molar-refractivity contribution in [2.45, 2.75) is 26.8 Å². The average molecular weight is 390 g/mol. The van der Waals surface area contributed by atoms with Gasteiger partial charge in [0.15, 0.2) is 0 Å². The number of carbonyl (C=O) groups is 2. The van der Waals surface area contributed by atoms with Gasteiger partial charge in [-0.1, -0.05) is 62.4 Å². The molecule has 5 heteroatoms. The number of hydrogen-bond acceptors (Lipinski definition) is 3. The quantitative estimate of drug-likeness (QED) is 0.618. The number of rotatable bonds is 7. The van der Waals surface area contributed by atoms with E-state index in [4.69, 9.17) is 4.74 Å². The third-order valence-electron chi connectivity index (χ3n) is 4.71. The van der Waals surface area contributed by atoms with Crippen molar-refractivity contribution < 1.29 is 14.3 Å². The van der Waals surface area contributed by atoms with Crippen LogP contribution < -0.4 is 15.4 Å². The first kappa shape index (κ1) is 20.4. The summed E-state index contributed by atoms with van der Waals surface area (Å²) >= 11 is 0. The molecule has 3 rings (SSSR count). The van der Waals surface area contributed by atoms with Gasteiger partial charge in [-0.2, -0.15) is 0 Å². The van der Waals surface area contributed by atoms with Crippen molar-refractivity contribution in [3.05, 3.63) is 72.3 Å². The van der Waals surface area contributed by atoms with Gasteiger partial charge in [0.25, 0.3) is 5.91 Å². The lowest BCUT2D eigenvalue weighted by Gasteiger charge is -2.22. The van der Waals surface area contributed by atoms with Crippen LogP contribution in [0.4, 0.5) is 5.69 Å². The zero-order chi connectivity index (χ0) is 20.8. The second kappa shape index (κ2) is 9.24. The van der Waals surface area contributed by atoms with Crippen LogP contribution in [-0.4, -0.2) is 24.5 Å². The fourth-order valence-corrected chi connectivity index (χ4v) is 3.23. The van der Waals surface area contributed by atoms with Crippen LogP contribution in [0.5, 0.6) is 5.75 Å². The Bertz CT molecular complexity index is 1010. The summed E-state index contributed by atoms with van der Waals surface area (Å²) in [5.74, 6) is -0.169. The molecule has 150 valence electrons. The van der Waals surface area contributed by atoms with E-state index in [-0.39, 0.29) is 17.7 Å². The third kappa shape index (κ3) is 4.74. The highest BCUT2D eigenvalue weighted by molar-refractivity contribution is 6.06. The number of hydrogen-bond donors (Lipinski definition) is 2.